The molecule has 0 fully saturated rings. The van der Waals surface area contributed by atoms with Crippen molar-refractivity contribution in [1.29, 1.82) is 0 Å². The molecule has 0 aliphatic carbocycles. The van der Waals surface area contributed by atoms with Gasteiger partial charge in [0.1, 0.15) is 12.2 Å². The lowest BCUT2D eigenvalue weighted by Crippen LogP contribution is -2.43. The van der Waals surface area contributed by atoms with Crippen molar-refractivity contribution in [2.75, 3.05) is 13.2 Å². The molecule has 0 unspecified atom stereocenters. The van der Waals surface area contributed by atoms with Gasteiger partial charge in [0.2, 0.25) is 5.43 Å². The van der Waals surface area contributed by atoms with Gasteiger partial charge >= 0.3 is 5.97 Å². The van der Waals surface area contributed by atoms with E-state index < -0.39 is 28.9 Å². The van der Waals surface area contributed by atoms with Crippen LogP contribution in [0, 0.1) is 0 Å². The second kappa shape index (κ2) is 7.38. The highest BCUT2D eigenvalue weighted by Gasteiger charge is 2.32. The second-order valence-corrected chi connectivity index (χ2v) is 5.73. The van der Waals surface area contributed by atoms with Crippen molar-refractivity contribution in [3.63, 3.8) is 0 Å². The van der Waals surface area contributed by atoms with Gasteiger partial charge in [0.05, 0.1) is 12.6 Å². The molecule has 0 saturated carbocycles. The van der Waals surface area contributed by atoms with Crippen LogP contribution in [0.4, 0.5) is 0 Å². The van der Waals surface area contributed by atoms with E-state index in [-0.39, 0.29) is 31.2 Å². The molecule has 9 nitrogen and oxygen atoms in total. The van der Waals surface area contributed by atoms with Gasteiger partial charge in [-0.15, -0.1) is 0 Å². The SMILES string of the molecule is NOC[C@H]1CNC(=O)c2c(OCc3ccccc3)c(=O)c(C(=O)O)cn21. The van der Waals surface area contributed by atoms with E-state index >= 15 is 0 Å². The van der Waals surface area contributed by atoms with Crippen LogP contribution < -0.4 is 21.4 Å². The maximum atomic E-state index is 12.6. The van der Waals surface area contributed by atoms with Crippen LogP contribution in [0.15, 0.2) is 41.3 Å². The van der Waals surface area contributed by atoms with Crippen LogP contribution in [0.3, 0.4) is 0 Å². The number of aromatic nitrogens is 1. The van der Waals surface area contributed by atoms with Crippen LogP contribution in [-0.4, -0.2) is 34.7 Å². The van der Waals surface area contributed by atoms with Gasteiger partial charge in [-0.25, -0.2) is 10.7 Å². The van der Waals surface area contributed by atoms with Crippen LogP contribution in [-0.2, 0) is 11.4 Å². The fourth-order valence-corrected chi connectivity index (χ4v) is 2.78. The first kappa shape index (κ1) is 17.6. The van der Waals surface area contributed by atoms with Crippen LogP contribution in [0.25, 0.3) is 0 Å². The predicted molar refractivity (Wildman–Crippen MR) is 89.9 cm³/mol. The largest absolute Gasteiger partial charge is 0.483 e. The van der Waals surface area contributed by atoms with Crippen molar-refractivity contribution in [2.45, 2.75) is 12.6 Å². The third kappa shape index (κ3) is 3.30. The number of carbonyl (C=O) groups excluding carboxylic acids is 1. The normalized spacial score (nSPS) is 15.9. The number of hydrogen-bond donors (Lipinski definition) is 3. The number of fused-ring (bicyclic) bond motifs is 1. The van der Waals surface area contributed by atoms with E-state index in [0.717, 1.165) is 11.8 Å². The average molecular weight is 359 g/mol. The number of ether oxygens (including phenoxy) is 1. The molecule has 0 spiro atoms. The summed E-state index contributed by atoms with van der Waals surface area (Å²) >= 11 is 0. The number of carboxylic acid groups (broad SMARTS) is 1. The summed E-state index contributed by atoms with van der Waals surface area (Å²) in [5, 5.41) is 12.0. The zero-order chi connectivity index (χ0) is 18.7. The van der Waals surface area contributed by atoms with Gasteiger partial charge in [0.25, 0.3) is 5.91 Å². The molecule has 0 saturated heterocycles. The van der Waals surface area contributed by atoms with Crippen molar-refractivity contribution in [3.05, 3.63) is 63.6 Å². The molecule has 3 rings (SSSR count). The van der Waals surface area contributed by atoms with E-state index in [1.165, 1.54) is 4.57 Å². The molecule has 4 N–H and O–H groups in total. The van der Waals surface area contributed by atoms with E-state index in [1.54, 1.807) is 24.3 Å². The number of hydrogen-bond acceptors (Lipinski definition) is 6. The van der Waals surface area contributed by atoms with Crippen molar-refractivity contribution < 1.29 is 24.3 Å². The molecule has 1 atom stereocenters. The zero-order valence-electron chi connectivity index (χ0n) is 13.7. The fourth-order valence-electron chi connectivity index (χ4n) is 2.78. The second-order valence-electron chi connectivity index (χ2n) is 5.73. The minimum Gasteiger partial charge on any atom is -0.483 e. The van der Waals surface area contributed by atoms with Gasteiger partial charge in [-0.05, 0) is 5.56 Å². The Hall–Kier alpha value is -3.17. The van der Waals surface area contributed by atoms with Gasteiger partial charge in [-0.1, -0.05) is 30.3 Å². The molecule has 136 valence electrons. The summed E-state index contributed by atoms with van der Waals surface area (Å²) in [7, 11) is 0. The highest BCUT2D eigenvalue weighted by molar-refractivity contribution is 5.97. The Morgan fingerprint density at radius 1 is 1.31 bits per heavy atom. The van der Waals surface area contributed by atoms with E-state index in [0.29, 0.717) is 0 Å². The van der Waals surface area contributed by atoms with Crippen molar-refractivity contribution in [2.24, 2.45) is 5.90 Å². The van der Waals surface area contributed by atoms with Crippen LogP contribution >= 0.6 is 0 Å². The molecule has 2 aromatic rings. The van der Waals surface area contributed by atoms with Crippen LogP contribution in [0.2, 0.25) is 0 Å². The van der Waals surface area contributed by atoms with Crippen molar-refractivity contribution in [3.8, 4) is 5.75 Å². The molecule has 9 heteroatoms. The Kier molecular flexibility index (Phi) is 5.01. The van der Waals surface area contributed by atoms with Crippen LogP contribution in [0.1, 0.15) is 32.5 Å². The molecular formula is C17H17N3O6. The van der Waals surface area contributed by atoms with E-state index in [4.69, 9.17) is 10.6 Å². The monoisotopic (exact) mass is 359 g/mol. The van der Waals surface area contributed by atoms with Gasteiger partial charge in [0, 0.05) is 12.7 Å². The molecule has 1 aromatic heterocycles. The summed E-state index contributed by atoms with van der Waals surface area (Å²) in [5.41, 5.74) is -0.633. The van der Waals surface area contributed by atoms with Crippen molar-refractivity contribution >= 4 is 11.9 Å². The number of pyridine rings is 1. The number of nitrogens with zero attached hydrogens (tertiary/aromatic N) is 1. The molecular weight excluding hydrogens is 342 g/mol. The van der Waals surface area contributed by atoms with Crippen LogP contribution in [0.5, 0.6) is 5.75 Å². The summed E-state index contributed by atoms with van der Waals surface area (Å²) in [6.45, 7) is 0.216. The molecule has 26 heavy (non-hydrogen) atoms. The summed E-state index contributed by atoms with van der Waals surface area (Å²) in [6, 6.07) is 8.54. The number of carbonyl (C=O) groups is 2. The Bertz CT molecular complexity index is 893. The number of benzene rings is 1. The highest BCUT2D eigenvalue weighted by atomic mass is 16.6. The van der Waals surface area contributed by atoms with Crippen molar-refractivity contribution in [1.82, 2.24) is 9.88 Å². The number of carboxylic acids is 1. The third-order valence-electron chi connectivity index (χ3n) is 4.04. The van der Waals surface area contributed by atoms with Gasteiger partial charge in [-0.3, -0.25) is 9.59 Å². The lowest BCUT2D eigenvalue weighted by Gasteiger charge is -2.29. The fraction of sp³-hybridized carbons (Fsp3) is 0.235. The first-order valence-electron chi connectivity index (χ1n) is 7.82. The number of aromatic carboxylic acids is 1. The Balaban J connectivity index is 2.10. The minimum absolute atomic E-state index is 0.0114. The number of rotatable bonds is 6. The molecule has 1 amide bonds. The number of amides is 1. The molecule has 0 radical (unpaired) electrons. The standard InChI is InChI=1S/C17H17N3O6/c18-26-9-11-6-19-16(22)13-15(25-8-10-4-2-1-3-5-10)14(21)12(17(23)24)7-20(11)13/h1-5,7,11H,6,8-9,18H2,(H,19,22)(H,23,24)/t11-/m1/s1. The maximum Gasteiger partial charge on any atom is 0.341 e. The maximum absolute atomic E-state index is 12.6. The quantitative estimate of drug-likeness (QED) is 0.632. The lowest BCUT2D eigenvalue weighted by molar-refractivity contribution is 0.0682. The molecule has 0 bridgehead atoms. The summed E-state index contributed by atoms with van der Waals surface area (Å²) < 4.78 is 6.95. The Morgan fingerprint density at radius 2 is 2.04 bits per heavy atom. The Labute approximate surface area is 147 Å². The number of nitrogens with two attached hydrogens (primary N) is 1. The summed E-state index contributed by atoms with van der Waals surface area (Å²) in [6.07, 6.45) is 1.12. The Morgan fingerprint density at radius 3 is 2.69 bits per heavy atom. The first-order valence-corrected chi connectivity index (χ1v) is 7.82. The van der Waals surface area contributed by atoms with Gasteiger partial charge in [-0.2, -0.15) is 0 Å². The van der Waals surface area contributed by atoms with Gasteiger partial charge in [0.15, 0.2) is 11.4 Å². The predicted octanol–water partition coefficient (Wildman–Crippen LogP) is 0.300. The van der Waals surface area contributed by atoms with E-state index in [1.807, 2.05) is 6.07 Å². The first-order chi connectivity index (χ1) is 12.5. The number of nitrogens with one attached hydrogen (secondary N) is 1. The average Bonchev–Trinajstić information content (AvgIpc) is 2.63. The van der Waals surface area contributed by atoms with E-state index in [2.05, 4.69) is 10.2 Å². The topological polar surface area (TPSA) is 133 Å². The molecule has 1 aliphatic rings. The molecule has 1 aliphatic heterocycles. The minimum atomic E-state index is -1.41. The van der Waals surface area contributed by atoms with Gasteiger partial charge < -0.3 is 24.6 Å². The molecule has 2 heterocycles. The third-order valence-corrected chi connectivity index (χ3v) is 4.04. The lowest BCUT2D eigenvalue weighted by atomic mass is 10.1. The zero-order valence-corrected chi connectivity index (χ0v) is 13.7. The summed E-state index contributed by atoms with van der Waals surface area (Å²) in [5.74, 6) is 2.86. The van der Waals surface area contributed by atoms with E-state index in [9.17, 15) is 19.5 Å². The summed E-state index contributed by atoms with van der Waals surface area (Å²) in [4.78, 5) is 41.0. The molecule has 1 aromatic carbocycles. The highest BCUT2D eigenvalue weighted by Crippen LogP contribution is 2.24. The smallest absolute Gasteiger partial charge is 0.341 e.